The summed E-state index contributed by atoms with van der Waals surface area (Å²) in [6.45, 7) is 2.34. The molecule has 14 heavy (non-hydrogen) atoms. The normalized spacial score (nSPS) is 26.4. The summed E-state index contributed by atoms with van der Waals surface area (Å²) in [6.07, 6.45) is 13.0. The van der Waals surface area contributed by atoms with Gasteiger partial charge in [-0.2, -0.15) is 0 Å². The van der Waals surface area contributed by atoms with Gasteiger partial charge in [-0.3, -0.25) is 0 Å². The third kappa shape index (κ3) is 3.27. The van der Waals surface area contributed by atoms with Gasteiger partial charge in [0.05, 0.1) is 0 Å². The van der Waals surface area contributed by atoms with Crippen LogP contribution >= 0.6 is 0 Å². The Bertz CT molecular complexity index is 157. The average molecular weight is 195 g/mol. The maximum Gasteiger partial charge on any atom is 0.00696 e. The van der Waals surface area contributed by atoms with Gasteiger partial charge in [-0.1, -0.05) is 39.0 Å². The zero-order valence-electron chi connectivity index (χ0n) is 9.60. The number of nitrogens with one attached hydrogen (secondary N) is 1. The van der Waals surface area contributed by atoms with Crippen molar-refractivity contribution in [1.82, 2.24) is 5.32 Å². The molecule has 0 bridgehead atoms. The molecule has 2 aliphatic carbocycles. The smallest absolute Gasteiger partial charge is 0.00696 e. The first kappa shape index (κ1) is 10.5. The number of rotatable bonds is 5. The van der Waals surface area contributed by atoms with Gasteiger partial charge in [-0.15, -0.1) is 0 Å². The third-order valence-electron chi connectivity index (χ3n) is 3.88. The van der Waals surface area contributed by atoms with Gasteiger partial charge >= 0.3 is 0 Å². The lowest BCUT2D eigenvalue weighted by Crippen LogP contribution is -2.39. The maximum atomic E-state index is 3.88. The minimum Gasteiger partial charge on any atom is -0.311 e. The minimum atomic E-state index is 0.825. The maximum absolute atomic E-state index is 3.88. The fraction of sp³-hybridized carbons (Fsp3) is 1.00. The van der Waals surface area contributed by atoms with Crippen molar-refractivity contribution < 1.29 is 0 Å². The van der Waals surface area contributed by atoms with E-state index in [9.17, 15) is 0 Å². The van der Waals surface area contributed by atoms with E-state index in [1.165, 1.54) is 57.8 Å². The molecule has 0 aromatic carbocycles. The summed E-state index contributed by atoms with van der Waals surface area (Å²) in [5.41, 5.74) is 0. The molecule has 82 valence electrons. The monoisotopic (exact) mass is 195 g/mol. The Kier molecular flexibility index (Phi) is 3.86. The molecule has 1 atom stereocenters. The zero-order chi connectivity index (χ0) is 9.80. The molecule has 0 radical (unpaired) electrons. The first-order valence-corrected chi connectivity index (χ1v) is 6.64. The van der Waals surface area contributed by atoms with Crippen molar-refractivity contribution in [2.75, 3.05) is 0 Å². The van der Waals surface area contributed by atoms with Gasteiger partial charge in [-0.05, 0) is 31.6 Å². The van der Waals surface area contributed by atoms with E-state index in [1.54, 1.807) is 0 Å². The molecule has 1 N–H and O–H groups in total. The van der Waals surface area contributed by atoms with Gasteiger partial charge < -0.3 is 5.32 Å². The van der Waals surface area contributed by atoms with E-state index in [-0.39, 0.29) is 0 Å². The molecule has 0 spiro atoms. The summed E-state index contributed by atoms with van der Waals surface area (Å²) in [4.78, 5) is 0. The molecule has 1 unspecified atom stereocenters. The predicted octanol–water partition coefficient (Wildman–Crippen LogP) is 3.49. The predicted molar refractivity (Wildman–Crippen MR) is 61.4 cm³/mol. The average Bonchev–Trinajstić information content (AvgIpc) is 3.02. The lowest BCUT2D eigenvalue weighted by Gasteiger charge is -2.28. The highest BCUT2D eigenvalue weighted by Crippen LogP contribution is 2.34. The zero-order valence-corrected chi connectivity index (χ0v) is 9.60. The second kappa shape index (κ2) is 5.16. The van der Waals surface area contributed by atoms with E-state index in [2.05, 4.69) is 12.2 Å². The van der Waals surface area contributed by atoms with E-state index in [0.29, 0.717) is 0 Å². The van der Waals surface area contributed by atoms with Gasteiger partial charge in [0, 0.05) is 12.1 Å². The molecular formula is C13H25N. The van der Waals surface area contributed by atoms with Crippen molar-refractivity contribution >= 4 is 0 Å². The molecule has 2 fully saturated rings. The van der Waals surface area contributed by atoms with E-state index >= 15 is 0 Å². The van der Waals surface area contributed by atoms with Crippen molar-refractivity contribution in [3.8, 4) is 0 Å². The van der Waals surface area contributed by atoms with Crippen molar-refractivity contribution in [1.29, 1.82) is 0 Å². The van der Waals surface area contributed by atoms with Crippen LogP contribution in [0.4, 0.5) is 0 Å². The topological polar surface area (TPSA) is 12.0 Å². The quantitative estimate of drug-likeness (QED) is 0.708. The van der Waals surface area contributed by atoms with Gasteiger partial charge in [0.1, 0.15) is 0 Å². The first-order chi connectivity index (χ1) is 6.88. The molecule has 0 aromatic rings. The van der Waals surface area contributed by atoms with Crippen molar-refractivity contribution in [3.05, 3.63) is 0 Å². The summed E-state index contributed by atoms with van der Waals surface area (Å²) in [7, 11) is 0. The van der Waals surface area contributed by atoms with Crippen LogP contribution < -0.4 is 5.32 Å². The van der Waals surface area contributed by atoms with Crippen molar-refractivity contribution in [2.45, 2.75) is 76.8 Å². The SMILES string of the molecule is CCC(CC1CC1)NC1CCCCC1. The van der Waals surface area contributed by atoms with E-state index in [0.717, 1.165) is 18.0 Å². The molecule has 0 heterocycles. The van der Waals surface area contributed by atoms with Gasteiger partial charge in [0.25, 0.3) is 0 Å². The van der Waals surface area contributed by atoms with Crippen LogP contribution in [0.5, 0.6) is 0 Å². The Morgan fingerprint density at radius 2 is 1.79 bits per heavy atom. The largest absolute Gasteiger partial charge is 0.311 e. The molecule has 2 saturated carbocycles. The fourth-order valence-electron chi connectivity index (χ4n) is 2.71. The summed E-state index contributed by atoms with van der Waals surface area (Å²) in [5.74, 6) is 1.08. The van der Waals surface area contributed by atoms with Crippen LogP contribution in [0.25, 0.3) is 0 Å². The molecule has 1 nitrogen and oxygen atoms in total. The molecule has 2 aliphatic rings. The van der Waals surface area contributed by atoms with E-state index in [4.69, 9.17) is 0 Å². The Balaban J connectivity index is 1.68. The van der Waals surface area contributed by atoms with Crippen molar-refractivity contribution in [2.24, 2.45) is 5.92 Å². The van der Waals surface area contributed by atoms with E-state index in [1.807, 2.05) is 0 Å². The van der Waals surface area contributed by atoms with Crippen LogP contribution in [0.3, 0.4) is 0 Å². The highest BCUT2D eigenvalue weighted by molar-refractivity contribution is 4.82. The highest BCUT2D eigenvalue weighted by Gasteiger charge is 2.26. The van der Waals surface area contributed by atoms with Gasteiger partial charge in [-0.25, -0.2) is 0 Å². The molecular weight excluding hydrogens is 170 g/mol. The summed E-state index contributed by atoms with van der Waals surface area (Å²) >= 11 is 0. The highest BCUT2D eigenvalue weighted by atomic mass is 14.9. The van der Waals surface area contributed by atoms with Crippen LogP contribution in [0, 0.1) is 5.92 Å². The Morgan fingerprint density at radius 1 is 1.07 bits per heavy atom. The molecule has 0 amide bonds. The van der Waals surface area contributed by atoms with Crippen LogP contribution in [0.15, 0.2) is 0 Å². The first-order valence-electron chi connectivity index (χ1n) is 6.64. The Morgan fingerprint density at radius 3 is 2.36 bits per heavy atom. The molecule has 0 aromatic heterocycles. The van der Waals surface area contributed by atoms with Crippen molar-refractivity contribution in [3.63, 3.8) is 0 Å². The Labute approximate surface area is 88.7 Å². The standard InChI is InChI=1S/C13H25N/c1-2-12(10-11-8-9-11)14-13-6-4-3-5-7-13/h11-14H,2-10H2,1H3. The van der Waals surface area contributed by atoms with Crippen LogP contribution in [-0.2, 0) is 0 Å². The lowest BCUT2D eigenvalue weighted by atomic mass is 9.94. The van der Waals surface area contributed by atoms with Gasteiger partial charge in [0.2, 0.25) is 0 Å². The third-order valence-corrected chi connectivity index (χ3v) is 3.88. The molecule has 2 rings (SSSR count). The lowest BCUT2D eigenvalue weighted by molar-refractivity contribution is 0.316. The molecule has 0 saturated heterocycles. The van der Waals surface area contributed by atoms with E-state index < -0.39 is 0 Å². The summed E-state index contributed by atoms with van der Waals surface area (Å²) < 4.78 is 0. The fourth-order valence-corrected chi connectivity index (χ4v) is 2.71. The number of hydrogen-bond acceptors (Lipinski definition) is 1. The van der Waals surface area contributed by atoms with Gasteiger partial charge in [0.15, 0.2) is 0 Å². The second-order valence-corrected chi connectivity index (χ2v) is 5.29. The Hall–Kier alpha value is -0.0400. The number of hydrogen-bond donors (Lipinski definition) is 1. The minimum absolute atomic E-state index is 0.825. The summed E-state index contributed by atoms with van der Waals surface area (Å²) in [6, 6.07) is 1.68. The molecule has 1 heteroatoms. The summed E-state index contributed by atoms with van der Waals surface area (Å²) in [5, 5.41) is 3.88. The molecule has 0 aliphatic heterocycles. The van der Waals surface area contributed by atoms with Crippen LogP contribution in [-0.4, -0.2) is 12.1 Å². The van der Waals surface area contributed by atoms with Crippen LogP contribution in [0.2, 0.25) is 0 Å². The van der Waals surface area contributed by atoms with Crippen LogP contribution in [0.1, 0.15) is 64.7 Å². The second-order valence-electron chi connectivity index (χ2n) is 5.29.